The fraction of sp³-hybridized carbons (Fsp3) is 0.455. The van der Waals surface area contributed by atoms with Crippen LogP contribution in [-0.2, 0) is 11.3 Å². The Labute approximate surface area is 179 Å². The highest BCUT2D eigenvalue weighted by atomic mass is 16.5. The van der Waals surface area contributed by atoms with Gasteiger partial charge >= 0.3 is 0 Å². The molecule has 0 aliphatic carbocycles. The molecular formula is C22H28N6O3. The third-order valence-electron chi connectivity index (χ3n) is 5.60. The molecule has 0 radical (unpaired) electrons. The first-order valence-corrected chi connectivity index (χ1v) is 10.7. The molecule has 1 saturated heterocycles. The Balaban J connectivity index is 1.82. The molecule has 0 bridgehead atoms. The fourth-order valence-electron chi connectivity index (χ4n) is 3.97. The first-order chi connectivity index (χ1) is 15.0. The zero-order chi connectivity index (χ0) is 22.0. The zero-order valence-corrected chi connectivity index (χ0v) is 18.0. The summed E-state index contributed by atoms with van der Waals surface area (Å²) in [5.74, 6) is -0.356. The van der Waals surface area contributed by atoms with E-state index in [1.165, 1.54) is 10.5 Å². The van der Waals surface area contributed by atoms with Crippen LogP contribution in [0.5, 0.6) is 0 Å². The first-order valence-electron chi connectivity index (χ1n) is 10.7. The Kier molecular flexibility index (Phi) is 6.15. The lowest BCUT2D eigenvalue weighted by molar-refractivity contribution is 0.0369. The molecule has 9 heteroatoms. The number of pyridine rings is 2. The molecule has 3 aromatic rings. The lowest BCUT2D eigenvalue weighted by atomic mass is 10.2. The lowest BCUT2D eigenvalue weighted by Gasteiger charge is -2.26. The van der Waals surface area contributed by atoms with Crippen molar-refractivity contribution in [3.63, 3.8) is 0 Å². The molecule has 1 aliphatic heterocycles. The second-order valence-electron chi connectivity index (χ2n) is 7.81. The van der Waals surface area contributed by atoms with Crippen LogP contribution in [-0.4, -0.2) is 64.2 Å². The van der Waals surface area contributed by atoms with Gasteiger partial charge in [-0.25, -0.2) is 4.98 Å². The predicted octanol–water partition coefficient (Wildman–Crippen LogP) is 0.909. The molecule has 9 nitrogen and oxygen atoms in total. The standard InChI is InChI=1S/C22H28N6O3/c1-3-24-21(29)16-13-17-20(25-18-6-5-15(2)14-28(18)22(17)30)27(19(16)23)8-4-7-26-9-11-31-12-10-26/h5-6,13-14,23H,3-4,7-12H2,1-2H3,(H,24,29). The Bertz CT molecular complexity index is 1240. The van der Waals surface area contributed by atoms with Gasteiger partial charge in [-0.1, -0.05) is 6.07 Å². The average molecular weight is 425 g/mol. The van der Waals surface area contributed by atoms with Gasteiger partial charge in [0.2, 0.25) is 0 Å². The number of aryl methyl sites for hydroxylation is 2. The van der Waals surface area contributed by atoms with Crippen LogP contribution in [0.25, 0.3) is 16.7 Å². The predicted molar refractivity (Wildman–Crippen MR) is 117 cm³/mol. The van der Waals surface area contributed by atoms with Crippen LogP contribution in [0.1, 0.15) is 29.3 Å². The summed E-state index contributed by atoms with van der Waals surface area (Å²) in [6.45, 7) is 8.78. The molecule has 1 fully saturated rings. The van der Waals surface area contributed by atoms with Crippen molar-refractivity contribution >= 4 is 22.6 Å². The van der Waals surface area contributed by atoms with Crippen LogP contribution in [0.4, 0.5) is 0 Å². The van der Waals surface area contributed by atoms with Crippen molar-refractivity contribution in [3.05, 3.63) is 51.4 Å². The number of morpholine rings is 1. The largest absolute Gasteiger partial charge is 0.379 e. The van der Waals surface area contributed by atoms with Crippen molar-refractivity contribution in [2.24, 2.45) is 0 Å². The Morgan fingerprint density at radius 3 is 2.77 bits per heavy atom. The summed E-state index contributed by atoms with van der Waals surface area (Å²) in [5, 5.41) is 11.8. The SMILES string of the molecule is CCNC(=O)c1cc2c(=O)n3cc(C)ccc3nc2n(CCCN2CCOCC2)c1=N. The van der Waals surface area contributed by atoms with Crippen molar-refractivity contribution < 1.29 is 9.53 Å². The van der Waals surface area contributed by atoms with Gasteiger partial charge in [-0.3, -0.25) is 24.3 Å². The molecule has 0 atom stereocenters. The maximum absolute atomic E-state index is 13.3. The highest BCUT2D eigenvalue weighted by molar-refractivity contribution is 5.96. The van der Waals surface area contributed by atoms with Crippen LogP contribution >= 0.6 is 0 Å². The van der Waals surface area contributed by atoms with Gasteiger partial charge in [-0.15, -0.1) is 0 Å². The molecule has 31 heavy (non-hydrogen) atoms. The van der Waals surface area contributed by atoms with E-state index in [4.69, 9.17) is 15.1 Å². The number of hydrogen-bond donors (Lipinski definition) is 2. The van der Waals surface area contributed by atoms with Crippen molar-refractivity contribution in [3.8, 4) is 0 Å². The lowest BCUT2D eigenvalue weighted by Crippen LogP contribution is -2.38. The third-order valence-corrected chi connectivity index (χ3v) is 5.60. The Morgan fingerprint density at radius 1 is 1.26 bits per heavy atom. The van der Waals surface area contributed by atoms with Gasteiger partial charge in [0.25, 0.3) is 11.5 Å². The van der Waals surface area contributed by atoms with E-state index in [2.05, 4.69) is 10.2 Å². The summed E-state index contributed by atoms with van der Waals surface area (Å²) in [6.07, 6.45) is 2.52. The maximum Gasteiger partial charge on any atom is 0.267 e. The number of fused-ring (bicyclic) bond motifs is 2. The topological polar surface area (TPSA) is 105 Å². The number of carbonyl (C=O) groups excluding carboxylic acids is 1. The number of rotatable bonds is 6. The minimum Gasteiger partial charge on any atom is -0.379 e. The van der Waals surface area contributed by atoms with Gasteiger partial charge in [-0.05, 0) is 38.0 Å². The normalized spacial score (nSPS) is 14.9. The number of hydrogen-bond acceptors (Lipinski definition) is 6. The van der Waals surface area contributed by atoms with E-state index < -0.39 is 0 Å². The average Bonchev–Trinajstić information content (AvgIpc) is 2.77. The minimum atomic E-state index is -0.356. The molecule has 1 aliphatic rings. The highest BCUT2D eigenvalue weighted by Crippen LogP contribution is 2.12. The van der Waals surface area contributed by atoms with Gasteiger partial charge < -0.3 is 14.6 Å². The Morgan fingerprint density at radius 2 is 2.03 bits per heavy atom. The summed E-state index contributed by atoms with van der Waals surface area (Å²) < 4.78 is 8.60. The summed E-state index contributed by atoms with van der Waals surface area (Å²) in [4.78, 5) is 32.9. The number of nitrogens with zero attached hydrogens (tertiary/aromatic N) is 4. The molecule has 0 saturated carbocycles. The molecule has 0 unspecified atom stereocenters. The maximum atomic E-state index is 13.3. The number of amides is 1. The summed E-state index contributed by atoms with van der Waals surface area (Å²) in [5.41, 5.74) is 1.92. The zero-order valence-electron chi connectivity index (χ0n) is 18.0. The Hall–Kier alpha value is -3.04. The fourth-order valence-corrected chi connectivity index (χ4v) is 3.97. The smallest absolute Gasteiger partial charge is 0.267 e. The van der Waals surface area contributed by atoms with Crippen LogP contribution < -0.4 is 16.4 Å². The monoisotopic (exact) mass is 424 g/mol. The molecule has 0 spiro atoms. The van der Waals surface area contributed by atoms with E-state index in [0.717, 1.165) is 44.8 Å². The van der Waals surface area contributed by atoms with E-state index in [1.807, 2.05) is 19.9 Å². The van der Waals surface area contributed by atoms with Crippen molar-refractivity contribution in [2.75, 3.05) is 39.4 Å². The molecule has 1 amide bonds. The molecule has 4 heterocycles. The number of nitrogens with one attached hydrogen (secondary N) is 2. The van der Waals surface area contributed by atoms with Gasteiger partial charge in [0.05, 0.1) is 24.2 Å². The molecule has 164 valence electrons. The van der Waals surface area contributed by atoms with Gasteiger partial charge in [0, 0.05) is 38.9 Å². The number of ether oxygens (including phenoxy) is 1. The highest BCUT2D eigenvalue weighted by Gasteiger charge is 2.18. The van der Waals surface area contributed by atoms with Crippen molar-refractivity contribution in [1.29, 1.82) is 5.41 Å². The van der Waals surface area contributed by atoms with Gasteiger partial charge in [-0.2, -0.15) is 0 Å². The summed E-state index contributed by atoms with van der Waals surface area (Å²) in [6, 6.07) is 5.21. The van der Waals surface area contributed by atoms with Crippen molar-refractivity contribution in [1.82, 2.24) is 24.2 Å². The molecule has 4 rings (SSSR count). The van der Waals surface area contributed by atoms with Gasteiger partial charge in [0.15, 0.2) is 0 Å². The van der Waals surface area contributed by atoms with E-state index in [1.54, 1.807) is 16.8 Å². The molecule has 0 aromatic carbocycles. The number of aromatic nitrogens is 3. The van der Waals surface area contributed by atoms with E-state index >= 15 is 0 Å². The molecular weight excluding hydrogens is 396 g/mol. The second kappa shape index (κ2) is 8.99. The van der Waals surface area contributed by atoms with E-state index in [-0.39, 0.29) is 22.5 Å². The third kappa shape index (κ3) is 4.24. The summed E-state index contributed by atoms with van der Waals surface area (Å²) >= 11 is 0. The number of carbonyl (C=O) groups is 1. The van der Waals surface area contributed by atoms with Crippen molar-refractivity contribution in [2.45, 2.75) is 26.8 Å². The quantitative estimate of drug-likeness (QED) is 0.573. The molecule has 2 N–H and O–H groups in total. The molecule has 3 aromatic heterocycles. The van der Waals surface area contributed by atoms with E-state index in [9.17, 15) is 9.59 Å². The van der Waals surface area contributed by atoms with E-state index in [0.29, 0.717) is 29.8 Å². The first kappa shape index (κ1) is 21.2. The minimum absolute atomic E-state index is 0.0730. The van der Waals surface area contributed by atoms with Crippen LogP contribution in [0.3, 0.4) is 0 Å². The van der Waals surface area contributed by atoms with Gasteiger partial charge in [0.1, 0.15) is 16.8 Å². The van der Waals surface area contributed by atoms with Crippen LogP contribution in [0.2, 0.25) is 0 Å². The second-order valence-corrected chi connectivity index (χ2v) is 7.81. The summed E-state index contributed by atoms with van der Waals surface area (Å²) in [7, 11) is 0. The van der Waals surface area contributed by atoms with Crippen LogP contribution in [0, 0.1) is 12.3 Å². The van der Waals surface area contributed by atoms with Crippen LogP contribution in [0.15, 0.2) is 29.2 Å².